The fraction of sp³-hybridized carbons (Fsp3) is 1.00. The Morgan fingerprint density at radius 3 is 2.56 bits per heavy atom. The van der Waals surface area contributed by atoms with Gasteiger partial charge >= 0.3 is 0 Å². The molecule has 1 aliphatic carbocycles. The fourth-order valence-electron chi connectivity index (χ4n) is 3.30. The van der Waals surface area contributed by atoms with E-state index in [1.807, 2.05) is 0 Å². The molecule has 2 aliphatic rings. The molecule has 2 heteroatoms. The van der Waals surface area contributed by atoms with Gasteiger partial charge in [-0.15, -0.1) is 0 Å². The van der Waals surface area contributed by atoms with E-state index in [9.17, 15) is 0 Å². The Morgan fingerprint density at radius 1 is 1.25 bits per heavy atom. The molecule has 2 atom stereocenters. The summed E-state index contributed by atoms with van der Waals surface area (Å²) in [5, 5.41) is 7.32. The molecule has 0 amide bonds. The first-order valence-electron chi connectivity index (χ1n) is 7.24. The van der Waals surface area contributed by atoms with E-state index in [1.54, 1.807) is 0 Å². The standard InChI is InChI=1S/C14H28N2/c1-3-5-14(6-8-15-9-7-14)11-16-13-10-12(13)4-2/h12-13,15-16H,3-11H2,1-2H3. The molecule has 2 nitrogen and oxygen atoms in total. The summed E-state index contributed by atoms with van der Waals surface area (Å²) in [6.45, 7) is 8.37. The molecule has 16 heavy (non-hydrogen) atoms. The molecule has 1 aliphatic heterocycles. The van der Waals surface area contributed by atoms with Crippen LogP contribution in [0.2, 0.25) is 0 Å². The van der Waals surface area contributed by atoms with E-state index in [0.29, 0.717) is 5.41 Å². The Labute approximate surface area is 101 Å². The second-order valence-electron chi connectivity index (χ2n) is 5.89. The van der Waals surface area contributed by atoms with Gasteiger partial charge in [-0.2, -0.15) is 0 Å². The molecule has 1 heterocycles. The normalized spacial score (nSPS) is 32.6. The van der Waals surface area contributed by atoms with Crippen molar-refractivity contribution in [3.63, 3.8) is 0 Å². The minimum absolute atomic E-state index is 0.612. The zero-order chi connectivity index (χ0) is 11.4. The van der Waals surface area contributed by atoms with E-state index in [1.165, 1.54) is 58.2 Å². The quantitative estimate of drug-likeness (QED) is 0.724. The van der Waals surface area contributed by atoms with E-state index in [0.717, 1.165) is 12.0 Å². The van der Waals surface area contributed by atoms with Crippen molar-refractivity contribution in [3.8, 4) is 0 Å². The van der Waals surface area contributed by atoms with Crippen LogP contribution in [0.5, 0.6) is 0 Å². The van der Waals surface area contributed by atoms with Crippen molar-refractivity contribution in [2.45, 2.75) is 58.4 Å². The van der Waals surface area contributed by atoms with Crippen LogP contribution in [0.3, 0.4) is 0 Å². The third kappa shape index (κ3) is 2.98. The molecule has 2 unspecified atom stereocenters. The van der Waals surface area contributed by atoms with E-state index in [2.05, 4.69) is 24.5 Å². The average Bonchev–Trinajstić information content (AvgIpc) is 3.07. The van der Waals surface area contributed by atoms with Crippen LogP contribution in [0.1, 0.15) is 52.4 Å². The lowest BCUT2D eigenvalue weighted by molar-refractivity contribution is 0.175. The summed E-state index contributed by atoms with van der Waals surface area (Å²) in [7, 11) is 0. The Kier molecular flexibility index (Phi) is 4.26. The van der Waals surface area contributed by atoms with Crippen molar-refractivity contribution in [2.75, 3.05) is 19.6 Å². The Balaban J connectivity index is 1.78. The number of hydrogen-bond donors (Lipinski definition) is 2. The highest BCUT2D eigenvalue weighted by Crippen LogP contribution is 2.37. The van der Waals surface area contributed by atoms with E-state index < -0.39 is 0 Å². The number of piperidine rings is 1. The second-order valence-corrected chi connectivity index (χ2v) is 5.89. The number of hydrogen-bond acceptors (Lipinski definition) is 2. The molecule has 94 valence electrons. The van der Waals surface area contributed by atoms with E-state index >= 15 is 0 Å². The average molecular weight is 224 g/mol. The van der Waals surface area contributed by atoms with Gasteiger partial charge < -0.3 is 10.6 Å². The lowest BCUT2D eigenvalue weighted by Crippen LogP contribution is -2.43. The van der Waals surface area contributed by atoms with Gasteiger partial charge in [0.25, 0.3) is 0 Å². The highest BCUT2D eigenvalue weighted by Gasteiger charge is 2.38. The van der Waals surface area contributed by atoms with Crippen molar-refractivity contribution in [2.24, 2.45) is 11.3 Å². The molecular formula is C14H28N2. The van der Waals surface area contributed by atoms with Gasteiger partial charge in [0.2, 0.25) is 0 Å². The molecule has 2 rings (SSSR count). The summed E-state index contributed by atoms with van der Waals surface area (Å²) in [5.74, 6) is 0.986. The summed E-state index contributed by atoms with van der Waals surface area (Å²) >= 11 is 0. The number of rotatable bonds is 6. The van der Waals surface area contributed by atoms with Crippen LogP contribution in [-0.4, -0.2) is 25.7 Å². The third-order valence-corrected chi connectivity index (χ3v) is 4.63. The molecular weight excluding hydrogens is 196 g/mol. The van der Waals surface area contributed by atoms with Gasteiger partial charge in [0.05, 0.1) is 0 Å². The summed E-state index contributed by atoms with van der Waals surface area (Å²) in [6, 6.07) is 0.855. The Morgan fingerprint density at radius 2 is 2.00 bits per heavy atom. The van der Waals surface area contributed by atoms with Crippen molar-refractivity contribution >= 4 is 0 Å². The van der Waals surface area contributed by atoms with Gasteiger partial charge in [-0.05, 0) is 50.1 Å². The van der Waals surface area contributed by atoms with Crippen LogP contribution in [0.4, 0.5) is 0 Å². The van der Waals surface area contributed by atoms with Crippen molar-refractivity contribution in [1.29, 1.82) is 0 Å². The maximum atomic E-state index is 3.83. The highest BCUT2D eigenvalue weighted by molar-refractivity contribution is 4.95. The maximum Gasteiger partial charge on any atom is 0.00992 e. The van der Waals surface area contributed by atoms with Crippen LogP contribution in [0.15, 0.2) is 0 Å². The molecule has 0 spiro atoms. The zero-order valence-electron chi connectivity index (χ0n) is 11.0. The first kappa shape index (κ1) is 12.4. The summed E-state index contributed by atoms with van der Waals surface area (Å²) < 4.78 is 0. The summed E-state index contributed by atoms with van der Waals surface area (Å²) in [4.78, 5) is 0. The predicted octanol–water partition coefficient (Wildman–Crippen LogP) is 2.54. The van der Waals surface area contributed by atoms with Crippen molar-refractivity contribution in [1.82, 2.24) is 10.6 Å². The zero-order valence-corrected chi connectivity index (χ0v) is 11.0. The second kappa shape index (κ2) is 5.50. The molecule has 0 bridgehead atoms. The molecule has 1 saturated carbocycles. The van der Waals surface area contributed by atoms with Gasteiger partial charge in [-0.3, -0.25) is 0 Å². The van der Waals surface area contributed by atoms with Gasteiger partial charge in [-0.1, -0.05) is 26.7 Å². The lowest BCUT2D eigenvalue weighted by atomic mass is 9.75. The van der Waals surface area contributed by atoms with Gasteiger partial charge in [0.15, 0.2) is 0 Å². The SMILES string of the molecule is CCCC1(CNC2CC2CC)CCNCC1. The smallest absolute Gasteiger partial charge is 0.00992 e. The Bertz CT molecular complexity index is 203. The molecule has 2 N–H and O–H groups in total. The topological polar surface area (TPSA) is 24.1 Å². The van der Waals surface area contributed by atoms with Crippen LogP contribution in [0, 0.1) is 11.3 Å². The maximum absolute atomic E-state index is 3.83. The van der Waals surface area contributed by atoms with Crippen LogP contribution >= 0.6 is 0 Å². The first-order chi connectivity index (χ1) is 7.79. The number of nitrogens with one attached hydrogen (secondary N) is 2. The van der Waals surface area contributed by atoms with Crippen molar-refractivity contribution < 1.29 is 0 Å². The highest BCUT2D eigenvalue weighted by atomic mass is 15.0. The van der Waals surface area contributed by atoms with Crippen molar-refractivity contribution in [3.05, 3.63) is 0 Å². The summed E-state index contributed by atoms with van der Waals surface area (Å²) in [6.07, 6.45) is 8.28. The largest absolute Gasteiger partial charge is 0.317 e. The van der Waals surface area contributed by atoms with Crippen LogP contribution < -0.4 is 10.6 Å². The van der Waals surface area contributed by atoms with E-state index in [-0.39, 0.29) is 0 Å². The lowest BCUT2D eigenvalue weighted by Gasteiger charge is -2.38. The predicted molar refractivity (Wildman–Crippen MR) is 69.6 cm³/mol. The molecule has 1 saturated heterocycles. The molecule has 0 aromatic heterocycles. The van der Waals surface area contributed by atoms with Gasteiger partial charge in [0.1, 0.15) is 0 Å². The fourth-order valence-corrected chi connectivity index (χ4v) is 3.30. The molecule has 0 aromatic rings. The van der Waals surface area contributed by atoms with E-state index in [4.69, 9.17) is 0 Å². The van der Waals surface area contributed by atoms with Crippen LogP contribution in [-0.2, 0) is 0 Å². The minimum Gasteiger partial charge on any atom is -0.317 e. The third-order valence-electron chi connectivity index (χ3n) is 4.63. The first-order valence-corrected chi connectivity index (χ1v) is 7.24. The monoisotopic (exact) mass is 224 g/mol. The van der Waals surface area contributed by atoms with Gasteiger partial charge in [0, 0.05) is 12.6 Å². The van der Waals surface area contributed by atoms with Gasteiger partial charge in [-0.25, -0.2) is 0 Å². The Hall–Kier alpha value is -0.0800. The molecule has 0 aromatic carbocycles. The molecule has 0 radical (unpaired) electrons. The summed E-state index contributed by atoms with van der Waals surface area (Å²) in [5.41, 5.74) is 0.612. The van der Waals surface area contributed by atoms with Crippen LogP contribution in [0.25, 0.3) is 0 Å². The molecule has 2 fully saturated rings. The minimum atomic E-state index is 0.612.